The molecule has 0 atom stereocenters. The number of para-hydroxylation sites is 2. The number of hydrogen-bond acceptors (Lipinski definition) is 5. The second-order valence-electron chi connectivity index (χ2n) is 16.4. The van der Waals surface area contributed by atoms with Gasteiger partial charge < -0.3 is 18.7 Å². The Morgan fingerprint density at radius 2 is 1.18 bits per heavy atom. The summed E-state index contributed by atoms with van der Waals surface area (Å²) in [6.45, 7) is 6.58. The summed E-state index contributed by atoms with van der Waals surface area (Å²) < 4.78 is 10.7. The molecule has 0 amide bonds. The summed E-state index contributed by atoms with van der Waals surface area (Å²) >= 11 is 0. The average Bonchev–Trinajstić information content (AvgIpc) is 3.92. The van der Waals surface area contributed by atoms with Crippen LogP contribution in [0.25, 0.3) is 100.0 Å². The number of pyridine rings is 2. The normalized spacial score (nSPS) is 11.9. The molecule has 60 heavy (non-hydrogen) atoms. The van der Waals surface area contributed by atoms with Crippen molar-refractivity contribution in [3.8, 4) is 50.8 Å². The maximum absolute atomic E-state index is 10.9. The van der Waals surface area contributed by atoms with E-state index in [0.717, 1.165) is 101 Å². The van der Waals surface area contributed by atoms with Gasteiger partial charge in [-0.3, -0.25) is 4.98 Å². The van der Waals surface area contributed by atoms with E-state index < -0.39 is 0 Å². The maximum atomic E-state index is 10.9. The number of aromatic hydroxyl groups is 1. The SMILES string of the molecule is CC(C)(C)Cc1nc2cc(-c3ccc(-n4c5ccc(-c6[c-]cccc6)nc5c5c6c7nc(-c8ccccc8O)ccc7n(-c7ccccc7)c6ccc54)cc3)ccc2o1.[Pt]. The Bertz CT molecular complexity index is 3400. The first-order valence-corrected chi connectivity index (χ1v) is 19.9. The fraction of sp³-hybridized carbons (Fsp3) is 0.0962. The number of fused-ring (bicyclic) bond motifs is 8. The summed E-state index contributed by atoms with van der Waals surface area (Å²) in [5.41, 5.74) is 14.8. The average molecular weight is 960 g/mol. The number of rotatable bonds is 6. The van der Waals surface area contributed by atoms with Gasteiger partial charge in [0.25, 0.3) is 0 Å². The van der Waals surface area contributed by atoms with Crippen LogP contribution in [0.4, 0.5) is 0 Å². The van der Waals surface area contributed by atoms with E-state index in [9.17, 15) is 5.11 Å². The second-order valence-corrected chi connectivity index (χ2v) is 16.4. The van der Waals surface area contributed by atoms with Crippen LogP contribution in [-0.2, 0) is 27.5 Å². The molecule has 0 saturated carbocycles. The van der Waals surface area contributed by atoms with Crippen LogP contribution < -0.4 is 0 Å². The van der Waals surface area contributed by atoms with E-state index in [4.69, 9.17) is 19.4 Å². The number of hydrogen-bond donors (Lipinski definition) is 1. The minimum absolute atomic E-state index is 0. The van der Waals surface area contributed by atoms with E-state index in [0.29, 0.717) is 11.3 Å². The van der Waals surface area contributed by atoms with E-state index >= 15 is 0 Å². The van der Waals surface area contributed by atoms with Gasteiger partial charge >= 0.3 is 0 Å². The molecule has 0 spiro atoms. The summed E-state index contributed by atoms with van der Waals surface area (Å²) in [5.74, 6) is 0.951. The third-order valence-corrected chi connectivity index (χ3v) is 11.1. The Labute approximate surface area is 360 Å². The van der Waals surface area contributed by atoms with E-state index in [1.54, 1.807) is 6.07 Å². The minimum atomic E-state index is 0. The van der Waals surface area contributed by atoms with Gasteiger partial charge in [0, 0.05) is 55.2 Å². The molecule has 11 aromatic rings. The standard InChI is InChI=1S/C52H38N5O2.Pt/c1-52(2,3)31-47-53-40-30-34(20-29-46(40)59-47)32-18-21-36(22-19-32)57-42-28-27-41-49(48(42)50-43(57)25-23-38(54-50)33-12-6-4-7-13-33)51-44(56(41)35-14-8-5-9-15-35)26-24-39(55-51)37-16-10-11-17-45(37)58;/h4-12,14-30,58H,31H2,1-3H3;/q-1;. The number of nitrogens with zero attached hydrogens (tertiary/aromatic N) is 5. The van der Waals surface area contributed by atoms with Crippen molar-refractivity contribution in [1.82, 2.24) is 24.1 Å². The molecule has 0 saturated heterocycles. The van der Waals surface area contributed by atoms with Crippen molar-refractivity contribution < 1.29 is 30.6 Å². The summed E-state index contributed by atoms with van der Waals surface area (Å²) in [6, 6.07) is 56.8. The van der Waals surface area contributed by atoms with Crippen molar-refractivity contribution >= 4 is 55.0 Å². The predicted octanol–water partition coefficient (Wildman–Crippen LogP) is 12.9. The first-order chi connectivity index (χ1) is 28.8. The first kappa shape index (κ1) is 37.4. The van der Waals surface area contributed by atoms with Crippen molar-refractivity contribution in [1.29, 1.82) is 0 Å². The Kier molecular flexibility index (Phi) is 9.03. The molecule has 11 rings (SSSR count). The molecular formula is C52H38N5O2Pt-. The molecule has 0 aliphatic carbocycles. The van der Waals surface area contributed by atoms with Crippen LogP contribution in [0.2, 0.25) is 0 Å². The topological polar surface area (TPSA) is 81.9 Å². The van der Waals surface area contributed by atoms with E-state index in [-0.39, 0.29) is 32.2 Å². The minimum Gasteiger partial charge on any atom is -0.507 e. The molecule has 0 aliphatic heterocycles. The summed E-state index contributed by atoms with van der Waals surface area (Å²) in [4.78, 5) is 15.6. The molecule has 0 unspecified atom stereocenters. The van der Waals surface area contributed by atoms with E-state index in [2.05, 4.69) is 127 Å². The Balaban J connectivity index is 0.00000433. The molecule has 8 heteroatoms. The zero-order valence-corrected chi connectivity index (χ0v) is 35.4. The van der Waals surface area contributed by atoms with Crippen LogP contribution >= 0.6 is 0 Å². The third kappa shape index (κ3) is 6.29. The van der Waals surface area contributed by atoms with Crippen molar-refractivity contribution in [2.24, 2.45) is 5.41 Å². The molecule has 0 aliphatic rings. The fourth-order valence-electron chi connectivity index (χ4n) is 8.49. The molecule has 294 valence electrons. The van der Waals surface area contributed by atoms with Crippen LogP contribution in [0.1, 0.15) is 26.7 Å². The van der Waals surface area contributed by atoms with Gasteiger partial charge in [-0.2, -0.15) is 0 Å². The first-order valence-electron chi connectivity index (χ1n) is 19.9. The molecule has 0 fully saturated rings. The van der Waals surface area contributed by atoms with Gasteiger partial charge in [0.15, 0.2) is 11.5 Å². The summed E-state index contributed by atoms with van der Waals surface area (Å²) in [6.07, 6.45) is 0.775. The van der Waals surface area contributed by atoms with Gasteiger partial charge in [-0.05, 0) is 101 Å². The zero-order valence-electron chi connectivity index (χ0n) is 33.1. The molecule has 7 nitrogen and oxygen atoms in total. The van der Waals surface area contributed by atoms with Gasteiger partial charge in [-0.1, -0.05) is 75.4 Å². The van der Waals surface area contributed by atoms with Crippen LogP contribution in [-0.4, -0.2) is 29.2 Å². The molecule has 0 radical (unpaired) electrons. The molecule has 1 N–H and O–H groups in total. The molecule has 0 bridgehead atoms. The van der Waals surface area contributed by atoms with Crippen molar-refractivity contribution in [2.75, 3.05) is 0 Å². The van der Waals surface area contributed by atoms with Crippen molar-refractivity contribution in [2.45, 2.75) is 27.2 Å². The molecular weight excluding hydrogens is 922 g/mol. The number of oxazole rings is 1. The predicted molar refractivity (Wildman–Crippen MR) is 238 cm³/mol. The quantitative estimate of drug-likeness (QED) is 0.168. The monoisotopic (exact) mass is 959 g/mol. The molecule has 6 aromatic carbocycles. The van der Waals surface area contributed by atoms with Crippen LogP contribution in [0, 0.1) is 11.5 Å². The summed E-state index contributed by atoms with van der Waals surface area (Å²) in [7, 11) is 0. The molecule has 5 aromatic heterocycles. The third-order valence-electron chi connectivity index (χ3n) is 11.1. The number of benzene rings is 6. The number of phenolic OH excluding ortho intramolecular Hbond substituents is 1. The number of phenols is 1. The Hall–Kier alpha value is -6.82. The van der Waals surface area contributed by atoms with Gasteiger partial charge in [0.05, 0.1) is 38.8 Å². The zero-order chi connectivity index (χ0) is 39.8. The van der Waals surface area contributed by atoms with Gasteiger partial charge in [0.1, 0.15) is 11.3 Å². The Morgan fingerprint density at radius 3 is 1.85 bits per heavy atom. The molecule has 5 heterocycles. The van der Waals surface area contributed by atoms with E-state index in [1.165, 1.54) is 0 Å². The van der Waals surface area contributed by atoms with E-state index in [1.807, 2.05) is 60.7 Å². The van der Waals surface area contributed by atoms with Gasteiger partial charge in [-0.25, -0.2) is 9.97 Å². The summed E-state index contributed by atoms with van der Waals surface area (Å²) in [5, 5.41) is 12.9. The smallest absolute Gasteiger partial charge is 0.195 e. The van der Waals surface area contributed by atoms with Crippen molar-refractivity contribution in [3.05, 3.63) is 170 Å². The van der Waals surface area contributed by atoms with Crippen LogP contribution in [0.15, 0.2) is 162 Å². The van der Waals surface area contributed by atoms with Crippen molar-refractivity contribution in [3.63, 3.8) is 0 Å². The fourth-order valence-corrected chi connectivity index (χ4v) is 8.49. The number of aromatic nitrogens is 5. The van der Waals surface area contributed by atoms with Gasteiger partial charge in [-0.15, -0.1) is 35.9 Å². The Morgan fingerprint density at radius 1 is 0.583 bits per heavy atom. The van der Waals surface area contributed by atoms with Gasteiger partial charge in [0.2, 0.25) is 0 Å². The maximum Gasteiger partial charge on any atom is 0.195 e. The van der Waals surface area contributed by atoms with Crippen LogP contribution in [0.3, 0.4) is 0 Å². The second kappa shape index (κ2) is 14.5. The largest absolute Gasteiger partial charge is 0.507 e. The van der Waals surface area contributed by atoms with Crippen LogP contribution in [0.5, 0.6) is 5.75 Å².